The SMILES string of the molecule is CC.CC.OC[C@H](N[C@H]1CCc2ccccc21)c1ccccc1. The number of benzene rings is 2. The lowest BCUT2D eigenvalue weighted by Crippen LogP contribution is -2.27. The van der Waals surface area contributed by atoms with Crippen molar-refractivity contribution in [2.75, 3.05) is 6.61 Å². The van der Waals surface area contributed by atoms with E-state index < -0.39 is 0 Å². The summed E-state index contributed by atoms with van der Waals surface area (Å²) >= 11 is 0. The average molecular weight is 313 g/mol. The molecule has 2 nitrogen and oxygen atoms in total. The van der Waals surface area contributed by atoms with E-state index in [1.165, 1.54) is 11.1 Å². The molecule has 0 unspecified atom stereocenters. The molecule has 2 aromatic rings. The molecule has 0 fully saturated rings. The van der Waals surface area contributed by atoms with E-state index >= 15 is 0 Å². The minimum absolute atomic E-state index is 0.0114. The summed E-state index contributed by atoms with van der Waals surface area (Å²) < 4.78 is 0. The van der Waals surface area contributed by atoms with Gasteiger partial charge in [-0.15, -0.1) is 0 Å². The Kier molecular flexibility index (Phi) is 9.27. The van der Waals surface area contributed by atoms with Gasteiger partial charge in [-0.2, -0.15) is 0 Å². The topological polar surface area (TPSA) is 32.3 Å². The second-order valence-corrected chi connectivity index (χ2v) is 5.10. The molecule has 0 radical (unpaired) electrons. The molecular weight excluding hydrogens is 282 g/mol. The van der Waals surface area contributed by atoms with Crippen molar-refractivity contribution in [3.05, 3.63) is 71.3 Å². The van der Waals surface area contributed by atoms with Crippen LogP contribution >= 0.6 is 0 Å². The van der Waals surface area contributed by atoms with Gasteiger partial charge in [0.05, 0.1) is 12.6 Å². The first-order chi connectivity index (χ1) is 11.4. The molecule has 1 aliphatic carbocycles. The zero-order valence-corrected chi connectivity index (χ0v) is 14.9. The number of aryl methyl sites for hydroxylation is 1. The highest BCUT2D eigenvalue weighted by atomic mass is 16.3. The van der Waals surface area contributed by atoms with Crippen molar-refractivity contribution in [1.29, 1.82) is 0 Å². The Balaban J connectivity index is 0.000000615. The van der Waals surface area contributed by atoms with Gasteiger partial charge in [-0.1, -0.05) is 82.3 Å². The summed E-state index contributed by atoms with van der Waals surface area (Å²) in [5.41, 5.74) is 3.97. The van der Waals surface area contributed by atoms with E-state index in [-0.39, 0.29) is 12.6 Å². The second-order valence-electron chi connectivity index (χ2n) is 5.10. The van der Waals surface area contributed by atoms with E-state index in [2.05, 4.69) is 41.7 Å². The Hall–Kier alpha value is -1.64. The van der Waals surface area contributed by atoms with Gasteiger partial charge in [0.2, 0.25) is 0 Å². The van der Waals surface area contributed by atoms with Gasteiger partial charge in [-0.25, -0.2) is 0 Å². The van der Waals surface area contributed by atoms with Crippen LogP contribution in [0.5, 0.6) is 0 Å². The third-order valence-corrected chi connectivity index (χ3v) is 3.92. The first kappa shape index (κ1) is 19.4. The van der Waals surface area contributed by atoms with Crippen molar-refractivity contribution < 1.29 is 5.11 Å². The summed E-state index contributed by atoms with van der Waals surface area (Å²) in [6.07, 6.45) is 2.24. The predicted octanol–water partition coefficient (Wildman–Crippen LogP) is 5.05. The molecular formula is C21H31NO. The first-order valence-corrected chi connectivity index (χ1v) is 8.88. The normalized spacial score (nSPS) is 16.3. The fraction of sp³-hybridized carbons (Fsp3) is 0.429. The van der Waals surface area contributed by atoms with Gasteiger partial charge >= 0.3 is 0 Å². The summed E-state index contributed by atoms with van der Waals surface area (Å²) in [6.45, 7) is 8.13. The summed E-state index contributed by atoms with van der Waals surface area (Å²) in [5, 5.41) is 13.2. The summed E-state index contributed by atoms with van der Waals surface area (Å²) in [7, 11) is 0. The predicted molar refractivity (Wildman–Crippen MR) is 99.6 cm³/mol. The number of aliphatic hydroxyl groups excluding tert-OH is 1. The number of hydrogen-bond donors (Lipinski definition) is 2. The third-order valence-electron chi connectivity index (χ3n) is 3.92. The highest BCUT2D eigenvalue weighted by Crippen LogP contribution is 2.32. The van der Waals surface area contributed by atoms with Crippen molar-refractivity contribution in [2.24, 2.45) is 0 Å². The van der Waals surface area contributed by atoms with Crippen molar-refractivity contribution in [2.45, 2.75) is 52.6 Å². The molecule has 2 aromatic carbocycles. The van der Waals surface area contributed by atoms with Gasteiger partial charge in [0.1, 0.15) is 0 Å². The number of nitrogens with one attached hydrogen (secondary N) is 1. The molecule has 0 spiro atoms. The van der Waals surface area contributed by atoms with Crippen LogP contribution in [0, 0.1) is 0 Å². The maximum atomic E-state index is 9.63. The smallest absolute Gasteiger partial charge is 0.0626 e. The minimum Gasteiger partial charge on any atom is -0.394 e. The summed E-state index contributed by atoms with van der Waals surface area (Å²) in [4.78, 5) is 0. The number of aliphatic hydroxyl groups is 1. The van der Waals surface area contributed by atoms with Crippen LogP contribution in [0.4, 0.5) is 0 Å². The molecule has 0 bridgehead atoms. The van der Waals surface area contributed by atoms with Crippen molar-refractivity contribution in [1.82, 2.24) is 5.32 Å². The minimum atomic E-state index is 0.0114. The Morgan fingerprint density at radius 1 is 0.957 bits per heavy atom. The number of hydrogen-bond acceptors (Lipinski definition) is 2. The van der Waals surface area contributed by atoms with Gasteiger partial charge in [0, 0.05) is 6.04 Å². The van der Waals surface area contributed by atoms with Crippen LogP contribution in [-0.4, -0.2) is 11.7 Å². The lowest BCUT2D eigenvalue weighted by molar-refractivity contribution is 0.233. The molecule has 2 atom stereocenters. The molecule has 2 N–H and O–H groups in total. The fourth-order valence-electron chi connectivity index (χ4n) is 2.91. The van der Waals surface area contributed by atoms with Crippen LogP contribution < -0.4 is 5.32 Å². The highest BCUT2D eigenvalue weighted by molar-refractivity contribution is 5.34. The lowest BCUT2D eigenvalue weighted by atomic mass is 10.0. The molecule has 0 aromatic heterocycles. The first-order valence-electron chi connectivity index (χ1n) is 8.88. The molecule has 2 heteroatoms. The summed E-state index contributed by atoms with van der Waals surface area (Å²) in [5.74, 6) is 0. The largest absolute Gasteiger partial charge is 0.394 e. The van der Waals surface area contributed by atoms with Crippen molar-refractivity contribution in [3.8, 4) is 0 Å². The number of fused-ring (bicyclic) bond motifs is 1. The van der Waals surface area contributed by atoms with Crippen molar-refractivity contribution >= 4 is 0 Å². The Bertz CT molecular complexity index is 539. The van der Waals surface area contributed by atoms with E-state index in [1.807, 2.05) is 45.9 Å². The van der Waals surface area contributed by atoms with Crippen LogP contribution in [0.1, 0.15) is 62.9 Å². The second kappa shape index (κ2) is 11.0. The Morgan fingerprint density at radius 2 is 1.57 bits per heavy atom. The van der Waals surface area contributed by atoms with Gasteiger partial charge in [0.25, 0.3) is 0 Å². The van der Waals surface area contributed by atoms with Crippen LogP contribution in [-0.2, 0) is 6.42 Å². The fourth-order valence-corrected chi connectivity index (χ4v) is 2.91. The molecule has 0 saturated heterocycles. The molecule has 3 rings (SSSR count). The molecule has 0 amide bonds. The van der Waals surface area contributed by atoms with Gasteiger partial charge < -0.3 is 10.4 Å². The molecule has 23 heavy (non-hydrogen) atoms. The van der Waals surface area contributed by atoms with Crippen molar-refractivity contribution in [3.63, 3.8) is 0 Å². The van der Waals surface area contributed by atoms with Gasteiger partial charge in [0.15, 0.2) is 0 Å². The zero-order chi connectivity index (χ0) is 17.1. The number of rotatable bonds is 4. The third kappa shape index (κ3) is 5.19. The Labute approximate surface area is 141 Å². The van der Waals surface area contributed by atoms with Gasteiger partial charge in [-0.3, -0.25) is 0 Å². The Morgan fingerprint density at radius 3 is 2.22 bits per heavy atom. The van der Waals surface area contributed by atoms with Crippen LogP contribution in [0.15, 0.2) is 54.6 Å². The summed E-state index contributed by atoms with van der Waals surface area (Å²) in [6, 6.07) is 19.1. The molecule has 0 heterocycles. The monoisotopic (exact) mass is 313 g/mol. The van der Waals surface area contributed by atoms with Gasteiger partial charge in [-0.05, 0) is 29.5 Å². The van der Waals surface area contributed by atoms with E-state index in [0.717, 1.165) is 18.4 Å². The van der Waals surface area contributed by atoms with E-state index in [1.54, 1.807) is 0 Å². The van der Waals surface area contributed by atoms with Crippen LogP contribution in [0.2, 0.25) is 0 Å². The van der Waals surface area contributed by atoms with Crippen LogP contribution in [0.3, 0.4) is 0 Å². The average Bonchev–Trinajstić information content (AvgIpc) is 3.07. The van der Waals surface area contributed by atoms with E-state index in [0.29, 0.717) is 6.04 Å². The van der Waals surface area contributed by atoms with E-state index in [9.17, 15) is 5.11 Å². The molecule has 126 valence electrons. The maximum Gasteiger partial charge on any atom is 0.0626 e. The molecule has 0 aliphatic heterocycles. The quantitative estimate of drug-likeness (QED) is 0.828. The lowest BCUT2D eigenvalue weighted by Gasteiger charge is -2.22. The maximum absolute atomic E-state index is 9.63. The van der Waals surface area contributed by atoms with E-state index in [4.69, 9.17) is 0 Å². The molecule has 0 saturated carbocycles. The van der Waals surface area contributed by atoms with Crippen LogP contribution in [0.25, 0.3) is 0 Å². The zero-order valence-electron chi connectivity index (χ0n) is 14.9. The standard InChI is InChI=1S/C17H19NO.2C2H6/c19-12-17(14-7-2-1-3-8-14)18-16-11-10-13-6-4-5-9-15(13)16;2*1-2/h1-9,16-19H,10-12H2;2*1-2H3/t16-,17-;;/m0../s1. The highest BCUT2D eigenvalue weighted by Gasteiger charge is 2.24. The molecule has 1 aliphatic rings.